The van der Waals surface area contributed by atoms with Gasteiger partial charge in [0.1, 0.15) is 34.7 Å². The highest BCUT2D eigenvalue weighted by atomic mass is 35.5. The fourth-order valence-corrected chi connectivity index (χ4v) is 3.27. The number of nitrogens with zero attached hydrogens (tertiary/aromatic N) is 4. The molecule has 0 radical (unpaired) electrons. The normalized spacial score (nSPS) is 15.7. The van der Waals surface area contributed by atoms with E-state index in [2.05, 4.69) is 25.5 Å². The molecule has 1 atom stereocenters. The first-order valence-corrected chi connectivity index (χ1v) is 8.92. The van der Waals surface area contributed by atoms with Gasteiger partial charge in [0.2, 0.25) is 0 Å². The Morgan fingerprint density at radius 1 is 1.37 bits per heavy atom. The molecule has 10 heteroatoms. The summed E-state index contributed by atoms with van der Waals surface area (Å²) < 4.78 is 1.51. The molecule has 1 aliphatic rings. The molecule has 1 aliphatic heterocycles. The van der Waals surface area contributed by atoms with E-state index in [0.717, 1.165) is 13.0 Å². The van der Waals surface area contributed by atoms with E-state index in [1.807, 2.05) is 14.1 Å². The number of amides is 1. The summed E-state index contributed by atoms with van der Waals surface area (Å²) in [5.74, 6) is 0.114. The molecule has 0 spiro atoms. The molecule has 0 saturated carbocycles. The number of anilines is 3. The van der Waals surface area contributed by atoms with Crippen LogP contribution in [0.2, 0.25) is 5.02 Å². The molecule has 2 aromatic heterocycles. The molecule has 0 fully saturated rings. The summed E-state index contributed by atoms with van der Waals surface area (Å²) in [6.07, 6.45) is 2.37. The predicted octanol–water partition coefficient (Wildman–Crippen LogP) is 1.51. The molecule has 0 aliphatic carbocycles. The maximum absolute atomic E-state index is 13.0. The summed E-state index contributed by atoms with van der Waals surface area (Å²) in [7, 11) is 3.97. The minimum absolute atomic E-state index is 0.116. The van der Waals surface area contributed by atoms with Crippen molar-refractivity contribution in [1.82, 2.24) is 24.8 Å². The van der Waals surface area contributed by atoms with Gasteiger partial charge in [-0.05, 0) is 52.0 Å². The number of fused-ring (bicyclic) bond motifs is 1. The van der Waals surface area contributed by atoms with Crippen LogP contribution in [0.25, 0.3) is 0 Å². The molecule has 1 amide bonds. The fraction of sp³-hybridized carbons (Fsp3) is 0.412. The van der Waals surface area contributed by atoms with Gasteiger partial charge in [-0.15, -0.1) is 0 Å². The van der Waals surface area contributed by atoms with Gasteiger partial charge in [-0.25, -0.2) is 9.97 Å². The van der Waals surface area contributed by atoms with Crippen molar-refractivity contribution in [2.75, 3.05) is 31.7 Å². The molecule has 27 heavy (non-hydrogen) atoms. The number of hydrogen-bond acceptors (Lipinski definition) is 7. The summed E-state index contributed by atoms with van der Waals surface area (Å²) in [5.41, 5.74) is 6.70. The lowest BCUT2D eigenvalue weighted by Gasteiger charge is -2.17. The maximum atomic E-state index is 13.0. The molecule has 3 rings (SSSR count). The van der Waals surface area contributed by atoms with Gasteiger partial charge in [-0.3, -0.25) is 14.2 Å². The number of aromatic nitrogens is 3. The lowest BCUT2D eigenvalue weighted by atomic mass is 10.2. The minimum Gasteiger partial charge on any atom is -0.382 e. The Labute approximate surface area is 161 Å². The van der Waals surface area contributed by atoms with Crippen LogP contribution >= 0.6 is 11.6 Å². The Kier molecular flexibility index (Phi) is 5.33. The number of halogens is 1. The van der Waals surface area contributed by atoms with Crippen LogP contribution in [0.15, 0.2) is 17.2 Å². The summed E-state index contributed by atoms with van der Waals surface area (Å²) in [6.45, 7) is 2.65. The summed E-state index contributed by atoms with van der Waals surface area (Å²) in [6, 6.07) is 1.62. The predicted molar refractivity (Wildman–Crippen MR) is 104 cm³/mol. The highest BCUT2D eigenvalue weighted by Crippen LogP contribution is 2.28. The molecule has 4 N–H and O–H groups in total. The molecular weight excluding hydrogens is 370 g/mol. The number of hydrogen-bond donors (Lipinski definition) is 3. The van der Waals surface area contributed by atoms with Gasteiger partial charge in [0.15, 0.2) is 5.82 Å². The number of carbonyl (C=O) groups is 1. The van der Waals surface area contributed by atoms with Crippen LogP contribution in [0.3, 0.4) is 0 Å². The van der Waals surface area contributed by atoms with Gasteiger partial charge in [0.05, 0.1) is 0 Å². The van der Waals surface area contributed by atoms with Crippen molar-refractivity contribution in [3.63, 3.8) is 0 Å². The number of nitrogen functional groups attached to an aromatic ring is 1. The van der Waals surface area contributed by atoms with E-state index in [9.17, 15) is 9.59 Å². The van der Waals surface area contributed by atoms with E-state index in [1.165, 1.54) is 10.9 Å². The highest BCUT2D eigenvalue weighted by molar-refractivity contribution is 6.35. The third-order valence-electron chi connectivity index (χ3n) is 4.40. The fourth-order valence-electron chi connectivity index (χ4n) is 3.13. The Balaban J connectivity index is 1.97. The molecule has 9 nitrogen and oxygen atoms in total. The van der Waals surface area contributed by atoms with Crippen molar-refractivity contribution in [2.45, 2.75) is 25.9 Å². The highest BCUT2D eigenvalue weighted by Gasteiger charge is 2.31. The number of carbonyl (C=O) groups excluding carboxylic acids is 1. The molecular formula is C17H22ClN7O2. The largest absolute Gasteiger partial charge is 0.382 e. The smallest absolute Gasteiger partial charge is 0.276 e. The quantitative estimate of drug-likeness (QED) is 0.682. The van der Waals surface area contributed by atoms with Crippen LogP contribution in [0.5, 0.6) is 0 Å². The number of rotatable bonds is 6. The number of pyridine rings is 1. The Morgan fingerprint density at radius 2 is 2.11 bits per heavy atom. The van der Waals surface area contributed by atoms with E-state index in [4.69, 9.17) is 17.3 Å². The van der Waals surface area contributed by atoms with Crippen LogP contribution in [0, 0.1) is 6.92 Å². The van der Waals surface area contributed by atoms with Crippen molar-refractivity contribution in [3.8, 4) is 0 Å². The van der Waals surface area contributed by atoms with Gasteiger partial charge in [-0.2, -0.15) is 0 Å². The second-order valence-corrected chi connectivity index (χ2v) is 7.12. The van der Waals surface area contributed by atoms with Gasteiger partial charge in [-0.1, -0.05) is 11.6 Å². The molecule has 0 saturated heterocycles. The van der Waals surface area contributed by atoms with Crippen LogP contribution in [-0.4, -0.2) is 46.0 Å². The van der Waals surface area contributed by atoms with Crippen LogP contribution in [0.4, 0.5) is 17.3 Å². The Bertz CT molecular complexity index is 942. The monoisotopic (exact) mass is 391 g/mol. The van der Waals surface area contributed by atoms with Crippen molar-refractivity contribution in [3.05, 3.63) is 39.0 Å². The molecule has 3 heterocycles. The SMILES string of the molecule is Cc1cc(Nc2ncnc(N)c2Cl)c(=O)n2c1C(=O)N[C@H]2CCCN(C)C. The maximum Gasteiger partial charge on any atom is 0.276 e. The average molecular weight is 392 g/mol. The average Bonchev–Trinajstić information content (AvgIpc) is 2.93. The summed E-state index contributed by atoms with van der Waals surface area (Å²) in [5, 5.41) is 5.95. The Morgan fingerprint density at radius 3 is 2.81 bits per heavy atom. The van der Waals surface area contributed by atoms with Crippen LogP contribution in [0.1, 0.15) is 35.1 Å². The van der Waals surface area contributed by atoms with Crippen molar-refractivity contribution in [1.29, 1.82) is 0 Å². The third-order valence-corrected chi connectivity index (χ3v) is 4.77. The van der Waals surface area contributed by atoms with Crippen LogP contribution < -0.4 is 21.9 Å². The lowest BCUT2D eigenvalue weighted by Crippen LogP contribution is -2.30. The topological polar surface area (TPSA) is 118 Å². The number of aryl methyl sites for hydroxylation is 1. The van der Waals surface area contributed by atoms with E-state index < -0.39 is 0 Å². The molecule has 0 unspecified atom stereocenters. The van der Waals surface area contributed by atoms with Crippen molar-refractivity contribution >= 4 is 34.8 Å². The second-order valence-electron chi connectivity index (χ2n) is 6.75. The van der Waals surface area contributed by atoms with Crippen LogP contribution in [-0.2, 0) is 0 Å². The van der Waals surface area contributed by atoms with Crippen molar-refractivity contribution in [2.24, 2.45) is 0 Å². The van der Waals surface area contributed by atoms with Gasteiger partial charge < -0.3 is 21.3 Å². The zero-order chi connectivity index (χ0) is 19.7. The van der Waals surface area contributed by atoms with Gasteiger partial charge in [0.25, 0.3) is 11.5 Å². The zero-order valence-corrected chi connectivity index (χ0v) is 16.2. The minimum atomic E-state index is -0.383. The lowest BCUT2D eigenvalue weighted by molar-refractivity contribution is 0.0953. The summed E-state index contributed by atoms with van der Waals surface area (Å²) in [4.78, 5) is 35.3. The zero-order valence-electron chi connectivity index (χ0n) is 15.4. The third kappa shape index (κ3) is 3.74. The van der Waals surface area contributed by atoms with Gasteiger partial charge >= 0.3 is 0 Å². The number of nitrogens with one attached hydrogen (secondary N) is 2. The van der Waals surface area contributed by atoms with E-state index >= 15 is 0 Å². The first kappa shape index (κ1) is 19.1. The Hall–Kier alpha value is -2.65. The standard InChI is InChI=1S/C17H22ClN7O2/c1-9-7-10(22-15-12(18)14(19)20-8-21-15)17(27)25-11(5-4-6-24(2)3)23-16(26)13(9)25/h7-8,11H,4-6H2,1-3H3,(H,23,26)(H3,19,20,21,22)/t11-/m1/s1. The molecule has 0 aromatic carbocycles. The van der Waals surface area contributed by atoms with Crippen molar-refractivity contribution < 1.29 is 4.79 Å². The second kappa shape index (κ2) is 7.53. The molecule has 2 aromatic rings. The van der Waals surface area contributed by atoms with E-state index in [1.54, 1.807) is 13.0 Å². The number of nitrogens with two attached hydrogens (primary N) is 1. The summed E-state index contributed by atoms with van der Waals surface area (Å²) >= 11 is 6.11. The van der Waals surface area contributed by atoms with Gasteiger partial charge in [0, 0.05) is 0 Å². The first-order valence-electron chi connectivity index (χ1n) is 8.54. The molecule has 0 bridgehead atoms. The van der Waals surface area contributed by atoms with E-state index in [0.29, 0.717) is 17.7 Å². The first-order chi connectivity index (χ1) is 12.8. The molecule has 144 valence electrons. The van der Waals surface area contributed by atoms with E-state index in [-0.39, 0.29) is 40.0 Å².